The first-order valence-corrected chi connectivity index (χ1v) is 5.66. The highest BCUT2D eigenvalue weighted by atomic mass is 16.5. The van der Waals surface area contributed by atoms with Crippen molar-refractivity contribution in [1.82, 2.24) is 0 Å². The van der Waals surface area contributed by atoms with E-state index in [0.29, 0.717) is 32.5 Å². The Labute approximate surface area is 96.3 Å². The van der Waals surface area contributed by atoms with Crippen molar-refractivity contribution in [1.29, 1.82) is 0 Å². The number of hydrogen-bond acceptors (Lipinski definition) is 5. The van der Waals surface area contributed by atoms with Gasteiger partial charge in [0.15, 0.2) is 0 Å². The van der Waals surface area contributed by atoms with Gasteiger partial charge in [-0.15, -0.1) is 0 Å². The molecule has 0 aliphatic carbocycles. The van der Waals surface area contributed by atoms with Crippen LogP contribution in [0.15, 0.2) is 0 Å². The zero-order chi connectivity index (χ0) is 12.4. The average Bonchev–Trinajstić information content (AvgIpc) is 2.18. The number of ether oxygens (including phenoxy) is 2. The number of esters is 2. The molecule has 0 fully saturated rings. The molecule has 1 unspecified atom stereocenters. The Morgan fingerprint density at radius 3 is 2.25 bits per heavy atom. The van der Waals surface area contributed by atoms with Crippen molar-refractivity contribution in [2.45, 2.75) is 45.6 Å². The van der Waals surface area contributed by atoms with Gasteiger partial charge in [0.05, 0.1) is 19.6 Å². The number of hydrogen-bond donors (Lipinski definition) is 1. The lowest BCUT2D eigenvalue weighted by atomic mass is 10.1. The SMILES string of the molecule is CCOC(=O)CCCC(N)CC(=O)OCC. The van der Waals surface area contributed by atoms with Gasteiger partial charge in [-0.05, 0) is 26.7 Å². The molecule has 0 aromatic rings. The molecule has 1 atom stereocenters. The lowest BCUT2D eigenvalue weighted by Gasteiger charge is -2.10. The zero-order valence-corrected chi connectivity index (χ0v) is 10.0. The van der Waals surface area contributed by atoms with E-state index in [1.807, 2.05) is 0 Å². The van der Waals surface area contributed by atoms with Gasteiger partial charge in [-0.3, -0.25) is 9.59 Å². The predicted molar refractivity (Wildman–Crippen MR) is 59.7 cm³/mol. The highest BCUT2D eigenvalue weighted by Crippen LogP contribution is 2.04. The third-order valence-electron chi connectivity index (χ3n) is 2.00. The smallest absolute Gasteiger partial charge is 0.307 e. The monoisotopic (exact) mass is 231 g/mol. The summed E-state index contributed by atoms with van der Waals surface area (Å²) in [5, 5.41) is 0. The molecule has 0 aliphatic rings. The zero-order valence-electron chi connectivity index (χ0n) is 10.0. The van der Waals surface area contributed by atoms with Crippen molar-refractivity contribution in [3.8, 4) is 0 Å². The minimum Gasteiger partial charge on any atom is -0.466 e. The average molecular weight is 231 g/mol. The molecule has 0 aliphatic heterocycles. The molecule has 0 aromatic heterocycles. The van der Waals surface area contributed by atoms with E-state index in [2.05, 4.69) is 0 Å². The van der Waals surface area contributed by atoms with Gasteiger partial charge in [0, 0.05) is 12.5 Å². The van der Waals surface area contributed by atoms with E-state index >= 15 is 0 Å². The predicted octanol–water partition coefficient (Wildman–Crippen LogP) is 1.00. The Morgan fingerprint density at radius 1 is 1.12 bits per heavy atom. The maximum atomic E-state index is 11.1. The van der Waals surface area contributed by atoms with E-state index in [9.17, 15) is 9.59 Å². The summed E-state index contributed by atoms with van der Waals surface area (Å²) in [6.07, 6.45) is 1.82. The van der Waals surface area contributed by atoms with E-state index in [1.165, 1.54) is 0 Å². The van der Waals surface area contributed by atoms with Crippen molar-refractivity contribution >= 4 is 11.9 Å². The number of nitrogens with two attached hydrogens (primary N) is 1. The fourth-order valence-corrected chi connectivity index (χ4v) is 1.28. The van der Waals surface area contributed by atoms with Crippen LogP contribution < -0.4 is 5.73 Å². The van der Waals surface area contributed by atoms with Crippen LogP contribution in [0.5, 0.6) is 0 Å². The molecular weight excluding hydrogens is 210 g/mol. The van der Waals surface area contributed by atoms with Crippen LogP contribution in [-0.4, -0.2) is 31.2 Å². The van der Waals surface area contributed by atoms with Crippen LogP contribution in [0, 0.1) is 0 Å². The first-order chi connectivity index (χ1) is 7.60. The van der Waals surface area contributed by atoms with Gasteiger partial charge >= 0.3 is 11.9 Å². The summed E-state index contributed by atoms with van der Waals surface area (Å²) >= 11 is 0. The standard InChI is InChI=1S/C11H21NO4/c1-3-15-10(13)7-5-6-9(12)8-11(14)16-4-2/h9H,3-8,12H2,1-2H3. The largest absolute Gasteiger partial charge is 0.466 e. The van der Waals surface area contributed by atoms with E-state index in [-0.39, 0.29) is 24.4 Å². The van der Waals surface area contributed by atoms with Crippen LogP contribution in [0.2, 0.25) is 0 Å². The van der Waals surface area contributed by atoms with Crippen molar-refractivity contribution in [3.63, 3.8) is 0 Å². The second kappa shape index (κ2) is 9.15. The Hall–Kier alpha value is -1.10. The topological polar surface area (TPSA) is 78.6 Å². The van der Waals surface area contributed by atoms with Crippen LogP contribution in [-0.2, 0) is 19.1 Å². The number of rotatable bonds is 8. The molecule has 0 aromatic carbocycles. The molecule has 5 nitrogen and oxygen atoms in total. The molecule has 0 bridgehead atoms. The third-order valence-corrected chi connectivity index (χ3v) is 2.00. The van der Waals surface area contributed by atoms with E-state index in [0.717, 1.165) is 0 Å². The molecule has 0 saturated carbocycles. The molecule has 0 amide bonds. The first kappa shape index (κ1) is 14.9. The maximum Gasteiger partial charge on any atom is 0.307 e. The molecule has 2 N–H and O–H groups in total. The van der Waals surface area contributed by atoms with Gasteiger partial charge in [0.1, 0.15) is 0 Å². The Kier molecular flexibility index (Phi) is 8.52. The van der Waals surface area contributed by atoms with Gasteiger partial charge in [0.25, 0.3) is 0 Å². The van der Waals surface area contributed by atoms with Gasteiger partial charge in [0.2, 0.25) is 0 Å². The van der Waals surface area contributed by atoms with Crippen LogP contribution in [0.4, 0.5) is 0 Å². The summed E-state index contributed by atoms with van der Waals surface area (Å²) in [4.78, 5) is 22.1. The maximum absolute atomic E-state index is 11.1. The van der Waals surface area contributed by atoms with Crippen LogP contribution in [0.25, 0.3) is 0 Å². The Bertz CT molecular complexity index is 218. The van der Waals surface area contributed by atoms with E-state index < -0.39 is 0 Å². The van der Waals surface area contributed by atoms with E-state index in [4.69, 9.17) is 15.2 Å². The number of carbonyl (C=O) groups excluding carboxylic acids is 2. The van der Waals surface area contributed by atoms with Crippen molar-refractivity contribution in [3.05, 3.63) is 0 Å². The summed E-state index contributed by atoms with van der Waals surface area (Å²) in [5.74, 6) is -0.503. The summed E-state index contributed by atoms with van der Waals surface area (Å²) in [5.41, 5.74) is 5.71. The van der Waals surface area contributed by atoms with E-state index in [1.54, 1.807) is 13.8 Å². The van der Waals surface area contributed by atoms with Crippen molar-refractivity contribution in [2.75, 3.05) is 13.2 Å². The molecule has 0 rings (SSSR count). The normalized spacial score (nSPS) is 11.9. The third kappa shape index (κ3) is 8.23. The summed E-state index contributed by atoms with van der Waals surface area (Å²) < 4.78 is 9.54. The van der Waals surface area contributed by atoms with Gasteiger partial charge in [-0.25, -0.2) is 0 Å². The molecule has 16 heavy (non-hydrogen) atoms. The van der Waals surface area contributed by atoms with Gasteiger partial charge < -0.3 is 15.2 Å². The summed E-state index contributed by atoms with van der Waals surface area (Å²) in [7, 11) is 0. The van der Waals surface area contributed by atoms with Crippen LogP contribution in [0.3, 0.4) is 0 Å². The fraction of sp³-hybridized carbons (Fsp3) is 0.818. The summed E-state index contributed by atoms with van der Waals surface area (Å²) in [6.45, 7) is 4.29. The molecule has 0 saturated heterocycles. The lowest BCUT2D eigenvalue weighted by Crippen LogP contribution is -2.25. The van der Waals surface area contributed by atoms with Gasteiger partial charge in [-0.1, -0.05) is 0 Å². The Balaban J connectivity index is 3.53. The fourth-order valence-electron chi connectivity index (χ4n) is 1.28. The molecule has 0 spiro atoms. The quantitative estimate of drug-likeness (QED) is 0.630. The number of carbonyl (C=O) groups is 2. The van der Waals surface area contributed by atoms with Gasteiger partial charge in [-0.2, -0.15) is 0 Å². The highest BCUT2D eigenvalue weighted by molar-refractivity contribution is 5.70. The minimum absolute atomic E-state index is 0.205. The molecule has 5 heteroatoms. The minimum atomic E-state index is -0.286. The molecule has 0 radical (unpaired) electrons. The molecule has 94 valence electrons. The first-order valence-electron chi connectivity index (χ1n) is 5.66. The van der Waals surface area contributed by atoms with Crippen LogP contribution in [0.1, 0.15) is 39.5 Å². The van der Waals surface area contributed by atoms with Crippen molar-refractivity contribution < 1.29 is 19.1 Å². The summed E-state index contributed by atoms with van der Waals surface area (Å²) in [6, 6.07) is -0.242. The second-order valence-electron chi connectivity index (χ2n) is 3.47. The second-order valence-corrected chi connectivity index (χ2v) is 3.47. The molecular formula is C11H21NO4. The Morgan fingerprint density at radius 2 is 1.69 bits per heavy atom. The van der Waals surface area contributed by atoms with Crippen molar-refractivity contribution in [2.24, 2.45) is 5.73 Å². The van der Waals surface area contributed by atoms with Crippen LogP contribution >= 0.6 is 0 Å². The lowest BCUT2D eigenvalue weighted by molar-refractivity contribution is -0.143. The highest BCUT2D eigenvalue weighted by Gasteiger charge is 2.11. The molecule has 0 heterocycles.